The highest BCUT2D eigenvalue weighted by molar-refractivity contribution is 6.07. The lowest BCUT2D eigenvalue weighted by molar-refractivity contribution is -0.118. The summed E-state index contributed by atoms with van der Waals surface area (Å²) in [7, 11) is 0. The van der Waals surface area contributed by atoms with E-state index in [1.807, 2.05) is 25.1 Å². The average Bonchev–Trinajstić information content (AvgIpc) is 2.78. The molecule has 0 fully saturated rings. The van der Waals surface area contributed by atoms with Crippen LogP contribution in [0.2, 0.25) is 0 Å². The topological polar surface area (TPSA) is 64.4 Å². The van der Waals surface area contributed by atoms with Crippen molar-refractivity contribution in [3.8, 4) is 5.75 Å². The first-order valence-corrected chi connectivity index (χ1v) is 6.90. The Hall–Kier alpha value is -2.62. The van der Waals surface area contributed by atoms with E-state index < -0.39 is 0 Å². The lowest BCUT2D eigenvalue weighted by Gasteiger charge is -2.15. The van der Waals surface area contributed by atoms with Crippen LogP contribution in [0, 0.1) is 5.41 Å². The summed E-state index contributed by atoms with van der Waals surface area (Å²) in [6.07, 6.45) is 1.28. The van der Waals surface area contributed by atoms with Crippen LogP contribution in [0.4, 0.5) is 5.69 Å². The maximum Gasteiger partial charge on any atom is 0.239 e. The molecule has 1 amide bonds. The third kappa shape index (κ3) is 2.09. The van der Waals surface area contributed by atoms with Crippen molar-refractivity contribution in [2.45, 2.75) is 12.8 Å². The predicted molar refractivity (Wildman–Crippen MR) is 82.3 cm³/mol. The van der Waals surface area contributed by atoms with Crippen LogP contribution in [0.1, 0.15) is 29.5 Å². The van der Waals surface area contributed by atoms with E-state index in [-0.39, 0.29) is 17.6 Å². The molecular formula is C17H16N2O2. The number of hydrogen-bond donors (Lipinski definition) is 2. The molecule has 0 aliphatic carbocycles. The molecule has 2 N–H and O–H groups in total. The van der Waals surface area contributed by atoms with Gasteiger partial charge in [-0.2, -0.15) is 0 Å². The second-order valence-corrected chi connectivity index (χ2v) is 5.07. The largest absolute Gasteiger partial charge is 0.508 e. The number of benzene rings is 2. The van der Waals surface area contributed by atoms with Crippen LogP contribution in [0.5, 0.6) is 5.75 Å². The molecular weight excluding hydrogens is 264 g/mol. The highest BCUT2D eigenvalue weighted by Gasteiger charge is 2.37. The number of nitrogens with one attached hydrogen (secondary N) is 1. The third-order valence-corrected chi connectivity index (χ3v) is 3.88. The number of hydrogen-bond acceptors (Lipinski definition) is 3. The maximum absolute atomic E-state index is 12.7. The average molecular weight is 280 g/mol. The fourth-order valence-corrected chi connectivity index (χ4v) is 2.86. The van der Waals surface area contributed by atoms with Crippen LogP contribution in [-0.2, 0) is 4.79 Å². The minimum absolute atomic E-state index is 0.0420. The van der Waals surface area contributed by atoms with E-state index in [2.05, 4.69) is 0 Å². The number of carbonyl (C=O) groups is 1. The Morgan fingerprint density at radius 3 is 2.57 bits per heavy atom. The first-order chi connectivity index (χ1) is 10.2. The Balaban J connectivity index is 2.15. The number of phenols is 1. The first kappa shape index (κ1) is 13.4. The molecule has 0 aromatic heterocycles. The Labute approximate surface area is 123 Å². The molecule has 1 heterocycles. The monoisotopic (exact) mass is 280 g/mol. The number of anilines is 1. The van der Waals surface area contributed by atoms with Gasteiger partial charge in [-0.25, -0.2) is 0 Å². The summed E-state index contributed by atoms with van der Waals surface area (Å²) in [6, 6.07) is 12.4. The highest BCUT2D eigenvalue weighted by Crippen LogP contribution is 2.41. The van der Waals surface area contributed by atoms with E-state index in [1.54, 1.807) is 29.2 Å². The number of amides is 1. The van der Waals surface area contributed by atoms with Gasteiger partial charge < -0.3 is 15.4 Å². The summed E-state index contributed by atoms with van der Waals surface area (Å²) in [5.41, 5.74) is 3.47. The second kappa shape index (κ2) is 5.05. The minimum atomic E-state index is -0.361. The lowest BCUT2D eigenvalue weighted by atomic mass is 9.91. The van der Waals surface area contributed by atoms with Crippen molar-refractivity contribution in [3.63, 3.8) is 0 Å². The fraction of sp³-hybridized carbons (Fsp3) is 0.176. The summed E-state index contributed by atoms with van der Waals surface area (Å²) in [4.78, 5) is 14.4. The van der Waals surface area contributed by atoms with Gasteiger partial charge in [-0.05, 0) is 47.9 Å². The van der Waals surface area contributed by atoms with E-state index >= 15 is 0 Å². The standard InChI is InChI=1S/C17H16N2O2/c1-2-19-15-8-3-11(10-18)9-14(15)16(17(19)21)12-4-6-13(20)7-5-12/h3-10,16,18,20H,2H2,1H3. The van der Waals surface area contributed by atoms with E-state index in [9.17, 15) is 9.90 Å². The van der Waals surface area contributed by atoms with Gasteiger partial charge in [-0.3, -0.25) is 4.79 Å². The van der Waals surface area contributed by atoms with Gasteiger partial charge in [0.2, 0.25) is 5.91 Å². The maximum atomic E-state index is 12.7. The van der Waals surface area contributed by atoms with Crippen molar-refractivity contribution < 1.29 is 9.90 Å². The van der Waals surface area contributed by atoms with Crippen LogP contribution >= 0.6 is 0 Å². The molecule has 1 aliphatic heterocycles. The highest BCUT2D eigenvalue weighted by atomic mass is 16.3. The van der Waals surface area contributed by atoms with Crippen LogP contribution in [0.15, 0.2) is 42.5 Å². The number of nitrogens with zero attached hydrogens (tertiary/aromatic N) is 1. The quantitative estimate of drug-likeness (QED) is 0.849. The predicted octanol–water partition coefficient (Wildman–Crippen LogP) is 2.89. The SMILES string of the molecule is CCN1C(=O)C(c2ccc(O)cc2)c2cc(C=N)ccc21. The molecule has 0 saturated carbocycles. The molecule has 4 heteroatoms. The number of aromatic hydroxyl groups is 1. The smallest absolute Gasteiger partial charge is 0.239 e. The first-order valence-electron chi connectivity index (χ1n) is 6.90. The van der Waals surface area contributed by atoms with Gasteiger partial charge in [0.1, 0.15) is 5.75 Å². The van der Waals surface area contributed by atoms with Crippen molar-refractivity contribution >= 4 is 17.8 Å². The molecule has 0 spiro atoms. The zero-order valence-corrected chi connectivity index (χ0v) is 11.7. The normalized spacial score (nSPS) is 16.9. The van der Waals surface area contributed by atoms with Crippen molar-refractivity contribution in [1.82, 2.24) is 0 Å². The van der Waals surface area contributed by atoms with Gasteiger partial charge >= 0.3 is 0 Å². The molecule has 106 valence electrons. The Morgan fingerprint density at radius 1 is 1.24 bits per heavy atom. The molecule has 3 rings (SSSR count). The van der Waals surface area contributed by atoms with Gasteiger partial charge in [0, 0.05) is 18.4 Å². The molecule has 1 unspecified atom stereocenters. The van der Waals surface area contributed by atoms with Crippen LogP contribution in [-0.4, -0.2) is 23.8 Å². The van der Waals surface area contributed by atoms with Crippen LogP contribution in [0.25, 0.3) is 0 Å². The molecule has 2 aromatic rings. The molecule has 21 heavy (non-hydrogen) atoms. The molecule has 0 radical (unpaired) electrons. The summed E-state index contributed by atoms with van der Waals surface area (Å²) in [5, 5.41) is 16.8. The van der Waals surface area contributed by atoms with Crippen molar-refractivity contribution in [3.05, 3.63) is 59.2 Å². The number of rotatable bonds is 3. The molecule has 0 bridgehead atoms. The number of carbonyl (C=O) groups excluding carboxylic acids is 1. The van der Waals surface area contributed by atoms with Gasteiger partial charge in [0.05, 0.1) is 5.92 Å². The number of phenolic OH excluding ortho intramolecular Hbond substituents is 1. The number of likely N-dealkylation sites (N-methyl/N-ethyl adjacent to an activating group) is 1. The summed E-state index contributed by atoms with van der Waals surface area (Å²) in [6.45, 7) is 2.57. The molecule has 0 saturated heterocycles. The summed E-state index contributed by atoms with van der Waals surface area (Å²) >= 11 is 0. The lowest BCUT2D eigenvalue weighted by Crippen LogP contribution is -2.28. The third-order valence-electron chi connectivity index (χ3n) is 3.88. The van der Waals surface area contributed by atoms with E-state index in [4.69, 9.17) is 5.41 Å². The molecule has 1 aliphatic rings. The van der Waals surface area contributed by atoms with Crippen molar-refractivity contribution in [1.29, 1.82) is 5.41 Å². The Bertz CT molecular complexity index is 707. The minimum Gasteiger partial charge on any atom is -0.508 e. The van der Waals surface area contributed by atoms with Gasteiger partial charge in [-0.1, -0.05) is 18.2 Å². The van der Waals surface area contributed by atoms with Gasteiger partial charge in [0.25, 0.3) is 0 Å². The zero-order valence-electron chi connectivity index (χ0n) is 11.7. The van der Waals surface area contributed by atoms with E-state index in [0.29, 0.717) is 6.54 Å². The van der Waals surface area contributed by atoms with E-state index in [1.165, 1.54) is 6.21 Å². The number of fused-ring (bicyclic) bond motifs is 1. The van der Waals surface area contributed by atoms with Gasteiger partial charge in [0.15, 0.2) is 0 Å². The van der Waals surface area contributed by atoms with Gasteiger partial charge in [-0.15, -0.1) is 0 Å². The second-order valence-electron chi connectivity index (χ2n) is 5.07. The Morgan fingerprint density at radius 2 is 1.95 bits per heavy atom. The molecule has 4 nitrogen and oxygen atoms in total. The van der Waals surface area contributed by atoms with Crippen molar-refractivity contribution in [2.24, 2.45) is 0 Å². The van der Waals surface area contributed by atoms with Crippen LogP contribution in [0.3, 0.4) is 0 Å². The summed E-state index contributed by atoms with van der Waals surface area (Å²) < 4.78 is 0. The zero-order chi connectivity index (χ0) is 15.0. The van der Waals surface area contributed by atoms with Crippen LogP contribution < -0.4 is 4.90 Å². The molecule has 1 atom stereocenters. The summed E-state index contributed by atoms with van der Waals surface area (Å²) in [5.74, 6) is -0.134. The Kier molecular flexibility index (Phi) is 3.22. The van der Waals surface area contributed by atoms with Crippen molar-refractivity contribution in [2.75, 3.05) is 11.4 Å². The molecule has 2 aromatic carbocycles. The fourth-order valence-electron chi connectivity index (χ4n) is 2.86. The van der Waals surface area contributed by atoms with E-state index in [0.717, 1.165) is 22.4 Å².